The topological polar surface area (TPSA) is 32.7 Å². The summed E-state index contributed by atoms with van der Waals surface area (Å²) < 4.78 is 0. The molecule has 1 fully saturated rings. The molecule has 3 rings (SSSR count). The van der Waals surface area contributed by atoms with Crippen LogP contribution in [0.5, 0.6) is 0 Å². The van der Waals surface area contributed by atoms with Gasteiger partial charge in [0, 0.05) is 27.9 Å². The molecule has 0 N–H and O–H groups in total. The molecule has 0 bridgehead atoms. The number of hydrogen-bond acceptors (Lipinski definition) is 3. The largest absolute Gasteiger partial charge is 0.286 e. The summed E-state index contributed by atoms with van der Waals surface area (Å²) in [4.78, 5) is 19.0. The van der Waals surface area contributed by atoms with Gasteiger partial charge < -0.3 is 0 Å². The van der Waals surface area contributed by atoms with Crippen LogP contribution >= 0.6 is 35.0 Å². The van der Waals surface area contributed by atoms with E-state index in [4.69, 9.17) is 23.2 Å². The molecule has 0 atom stereocenters. The number of rotatable bonds is 2. The lowest BCUT2D eigenvalue weighted by Crippen LogP contribution is -2.31. The van der Waals surface area contributed by atoms with Crippen LogP contribution in [0.25, 0.3) is 0 Å². The average molecular weight is 365 g/mol. The van der Waals surface area contributed by atoms with Crippen molar-refractivity contribution in [2.45, 2.75) is 6.92 Å². The molecule has 0 saturated carbocycles. The Balaban J connectivity index is 1.90. The minimum absolute atomic E-state index is 0.0647. The van der Waals surface area contributed by atoms with Gasteiger partial charge >= 0.3 is 0 Å². The maximum absolute atomic E-state index is 12.7. The van der Waals surface area contributed by atoms with E-state index in [1.54, 1.807) is 40.9 Å². The quantitative estimate of drug-likeness (QED) is 0.735. The summed E-state index contributed by atoms with van der Waals surface area (Å²) in [5, 5.41) is 1.99. The molecule has 0 radical (unpaired) electrons. The Labute approximate surface area is 149 Å². The summed E-state index contributed by atoms with van der Waals surface area (Å²) in [7, 11) is 0. The van der Waals surface area contributed by atoms with Crippen LogP contribution in [0.3, 0.4) is 0 Å². The van der Waals surface area contributed by atoms with E-state index in [9.17, 15) is 4.79 Å². The first-order valence-electron chi connectivity index (χ1n) is 7.10. The van der Waals surface area contributed by atoms with Crippen LogP contribution in [0.2, 0.25) is 10.0 Å². The lowest BCUT2D eigenvalue weighted by molar-refractivity contribution is 0.0859. The van der Waals surface area contributed by atoms with E-state index in [0.29, 0.717) is 27.3 Å². The number of carbonyl (C=O) groups is 1. The second kappa shape index (κ2) is 6.95. The number of hydrogen-bond donors (Lipinski definition) is 0. The Hall–Kier alpha value is -1.49. The molecule has 118 valence electrons. The third-order valence-electron chi connectivity index (χ3n) is 3.57. The van der Waals surface area contributed by atoms with E-state index in [1.165, 1.54) is 0 Å². The first-order chi connectivity index (χ1) is 11.1. The highest BCUT2D eigenvalue weighted by Gasteiger charge is 2.27. The van der Waals surface area contributed by atoms with Crippen LogP contribution in [0, 0.1) is 6.92 Å². The highest BCUT2D eigenvalue weighted by molar-refractivity contribution is 8.14. The standard InChI is InChI=1S/C17H14Cl2N2OS/c1-11-14(19)3-2-4-15(11)20-17-21(9-10-23-17)16(22)12-5-7-13(18)8-6-12/h2-8H,9-10H2,1H3. The minimum Gasteiger partial charge on any atom is -0.286 e. The van der Waals surface area contributed by atoms with E-state index in [-0.39, 0.29) is 5.91 Å². The van der Waals surface area contributed by atoms with E-state index in [2.05, 4.69) is 4.99 Å². The number of amides is 1. The summed E-state index contributed by atoms with van der Waals surface area (Å²) in [5.41, 5.74) is 2.30. The smallest absolute Gasteiger partial charge is 0.259 e. The second-order valence-electron chi connectivity index (χ2n) is 5.09. The van der Waals surface area contributed by atoms with Gasteiger partial charge in [0.2, 0.25) is 0 Å². The Bertz CT molecular complexity index is 775. The average Bonchev–Trinajstić information content (AvgIpc) is 3.00. The van der Waals surface area contributed by atoms with Crippen molar-refractivity contribution in [3.8, 4) is 0 Å². The molecular formula is C17H14Cl2N2OS. The normalized spacial score (nSPS) is 16.1. The highest BCUT2D eigenvalue weighted by Crippen LogP contribution is 2.29. The van der Waals surface area contributed by atoms with Crippen molar-refractivity contribution in [1.29, 1.82) is 0 Å². The van der Waals surface area contributed by atoms with Gasteiger partial charge in [-0.1, -0.05) is 41.0 Å². The molecule has 0 unspecified atom stereocenters. The summed E-state index contributed by atoms with van der Waals surface area (Å²) in [5.74, 6) is 0.766. The first kappa shape index (κ1) is 16.4. The molecular weight excluding hydrogens is 351 g/mol. The molecule has 1 aliphatic rings. The zero-order chi connectivity index (χ0) is 16.4. The van der Waals surface area contributed by atoms with Gasteiger partial charge in [-0.2, -0.15) is 0 Å². The molecule has 0 aromatic heterocycles. The number of carbonyl (C=O) groups excluding carboxylic acids is 1. The first-order valence-corrected chi connectivity index (χ1v) is 8.84. The van der Waals surface area contributed by atoms with Crippen molar-refractivity contribution in [3.63, 3.8) is 0 Å². The molecule has 1 amide bonds. The van der Waals surface area contributed by atoms with Gasteiger partial charge in [-0.25, -0.2) is 4.99 Å². The Morgan fingerprint density at radius 3 is 2.65 bits per heavy atom. The van der Waals surface area contributed by atoms with E-state index >= 15 is 0 Å². The lowest BCUT2D eigenvalue weighted by atomic mass is 10.2. The zero-order valence-electron chi connectivity index (χ0n) is 12.4. The number of thioether (sulfide) groups is 1. The van der Waals surface area contributed by atoms with Gasteiger partial charge in [0.05, 0.1) is 5.69 Å². The zero-order valence-corrected chi connectivity index (χ0v) is 14.8. The van der Waals surface area contributed by atoms with Gasteiger partial charge in [-0.3, -0.25) is 9.69 Å². The summed E-state index contributed by atoms with van der Waals surface area (Å²) in [6, 6.07) is 12.5. The van der Waals surface area contributed by atoms with Crippen molar-refractivity contribution in [1.82, 2.24) is 4.90 Å². The van der Waals surface area contributed by atoms with Crippen LogP contribution in [-0.4, -0.2) is 28.3 Å². The van der Waals surface area contributed by atoms with E-state index in [0.717, 1.165) is 17.0 Å². The van der Waals surface area contributed by atoms with Gasteiger partial charge in [0.15, 0.2) is 5.17 Å². The molecule has 2 aromatic carbocycles. The minimum atomic E-state index is -0.0647. The third-order valence-corrected chi connectivity index (χ3v) is 5.19. The van der Waals surface area contributed by atoms with Crippen molar-refractivity contribution in [2.24, 2.45) is 4.99 Å². The van der Waals surface area contributed by atoms with Crippen LogP contribution in [-0.2, 0) is 0 Å². The number of amidine groups is 1. The van der Waals surface area contributed by atoms with Crippen LogP contribution in [0.4, 0.5) is 5.69 Å². The van der Waals surface area contributed by atoms with E-state index in [1.807, 2.05) is 25.1 Å². The van der Waals surface area contributed by atoms with Crippen LogP contribution < -0.4 is 0 Å². The van der Waals surface area contributed by atoms with Gasteiger partial charge in [-0.05, 0) is 48.9 Å². The van der Waals surface area contributed by atoms with Crippen molar-refractivity contribution in [3.05, 3.63) is 63.6 Å². The maximum atomic E-state index is 12.7. The summed E-state index contributed by atoms with van der Waals surface area (Å²) in [6.45, 7) is 2.57. The lowest BCUT2D eigenvalue weighted by Gasteiger charge is -2.16. The number of benzene rings is 2. The summed E-state index contributed by atoms with van der Waals surface area (Å²) >= 11 is 13.6. The van der Waals surface area contributed by atoms with Crippen molar-refractivity contribution in [2.75, 3.05) is 12.3 Å². The molecule has 0 aliphatic carbocycles. The molecule has 0 spiro atoms. The third kappa shape index (κ3) is 3.55. The SMILES string of the molecule is Cc1c(Cl)cccc1N=C1SCCN1C(=O)c1ccc(Cl)cc1. The molecule has 1 saturated heterocycles. The van der Waals surface area contributed by atoms with Crippen molar-refractivity contribution >= 4 is 51.7 Å². The number of nitrogens with zero attached hydrogens (tertiary/aromatic N) is 2. The van der Waals surface area contributed by atoms with Gasteiger partial charge in [-0.15, -0.1) is 0 Å². The number of halogens is 2. The molecule has 23 heavy (non-hydrogen) atoms. The Morgan fingerprint density at radius 1 is 1.17 bits per heavy atom. The fraction of sp³-hybridized carbons (Fsp3) is 0.176. The predicted octanol–water partition coefficient (Wildman–Crippen LogP) is 5.18. The van der Waals surface area contributed by atoms with Crippen LogP contribution in [0.1, 0.15) is 15.9 Å². The maximum Gasteiger partial charge on any atom is 0.259 e. The molecule has 1 aliphatic heterocycles. The molecule has 1 heterocycles. The highest BCUT2D eigenvalue weighted by atomic mass is 35.5. The fourth-order valence-corrected chi connectivity index (χ4v) is 3.50. The van der Waals surface area contributed by atoms with Gasteiger partial charge in [0.1, 0.15) is 0 Å². The second-order valence-corrected chi connectivity index (χ2v) is 7.00. The monoisotopic (exact) mass is 364 g/mol. The van der Waals surface area contributed by atoms with Crippen molar-refractivity contribution < 1.29 is 4.79 Å². The van der Waals surface area contributed by atoms with Gasteiger partial charge in [0.25, 0.3) is 5.91 Å². The summed E-state index contributed by atoms with van der Waals surface area (Å²) in [6.07, 6.45) is 0. The molecule has 6 heteroatoms. The Kier molecular flexibility index (Phi) is 4.95. The predicted molar refractivity (Wildman–Crippen MR) is 98.2 cm³/mol. The van der Waals surface area contributed by atoms with Crippen LogP contribution in [0.15, 0.2) is 47.5 Å². The van der Waals surface area contributed by atoms with E-state index < -0.39 is 0 Å². The number of aliphatic imine (C=N–C) groups is 1. The molecule has 2 aromatic rings. The Morgan fingerprint density at radius 2 is 1.91 bits per heavy atom. The fourth-order valence-electron chi connectivity index (χ4n) is 2.25. The molecule has 3 nitrogen and oxygen atoms in total.